The number of carbonyl (C=O) groups is 3. The Morgan fingerprint density at radius 3 is 2.62 bits per heavy atom. The van der Waals surface area contributed by atoms with Crippen molar-refractivity contribution in [2.75, 3.05) is 17.6 Å². The molecule has 4 N–H and O–H groups in total. The lowest BCUT2D eigenvalue weighted by molar-refractivity contribution is -0.121. The minimum atomic E-state index is -0.0811. The van der Waals surface area contributed by atoms with Gasteiger partial charge in [-0.25, -0.2) is 4.79 Å². The van der Waals surface area contributed by atoms with Crippen LogP contribution in [0.5, 0.6) is 0 Å². The fourth-order valence-electron chi connectivity index (χ4n) is 3.60. The number of amides is 4. The zero-order valence-corrected chi connectivity index (χ0v) is 17.8. The van der Waals surface area contributed by atoms with Gasteiger partial charge < -0.3 is 21.3 Å². The number of anilines is 1. The van der Waals surface area contributed by atoms with Gasteiger partial charge in [-0.1, -0.05) is 18.0 Å². The predicted octanol–water partition coefficient (Wildman–Crippen LogP) is 2.90. The van der Waals surface area contributed by atoms with E-state index < -0.39 is 0 Å². The Morgan fingerprint density at radius 1 is 1.07 bits per heavy atom. The summed E-state index contributed by atoms with van der Waals surface area (Å²) in [7, 11) is 0. The second-order valence-electron chi connectivity index (χ2n) is 7.38. The van der Waals surface area contributed by atoms with Crippen LogP contribution in [-0.4, -0.2) is 47.5 Å². The third kappa shape index (κ3) is 6.82. The zero-order chi connectivity index (χ0) is 20.6. The van der Waals surface area contributed by atoms with E-state index in [0.29, 0.717) is 41.8 Å². The van der Waals surface area contributed by atoms with Gasteiger partial charge in [0.1, 0.15) is 0 Å². The third-order valence-corrected chi connectivity index (χ3v) is 6.87. The predicted molar refractivity (Wildman–Crippen MR) is 116 cm³/mol. The fourth-order valence-corrected chi connectivity index (χ4v) is 5.27. The first kappa shape index (κ1) is 21.8. The Labute approximate surface area is 180 Å². The Hall–Kier alpha value is -1.93. The van der Waals surface area contributed by atoms with Gasteiger partial charge in [0.05, 0.1) is 12.1 Å². The van der Waals surface area contributed by atoms with Gasteiger partial charge in [0.15, 0.2) is 0 Å². The van der Waals surface area contributed by atoms with E-state index in [1.165, 1.54) is 0 Å². The van der Waals surface area contributed by atoms with E-state index in [1.807, 2.05) is 11.8 Å². The zero-order valence-electron chi connectivity index (χ0n) is 16.2. The van der Waals surface area contributed by atoms with Crippen LogP contribution in [-0.2, 0) is 9.59 Å². The molecule has 2 fully saturated rings. The molecular weight excluding hydrogens is 412 g/mol. The molecule has 3 atom stereocenters. The lowest BCUT2D eigenvalue weighted by Gasteiger charge is -2.16. The number of hydrogen-bond donors (Lipinski definition) is 4. The van der Waals surface area contributed by atoms with E-state index >= 15 is 0 Å². The van der Waals surface area contributed by atoms with Crippen molar-refractivity contribution in [1.29, 1.82) is 0 Å². The summed E-state index contributed by atoms with van der Waals surface area (Å²) in [5.74, 6) is 0.901. The molecule has 9 heteroatoms. The molecule has 29 heavy (non-hydrogen) atoms. The number of halogens is 1. The second kappa shape index (κ2) is 10.7. The highest BCUT2D eigenvalue weighted by molar-refractivity contribution is 8.00. The van der Waals surface area contributed by atoms with Crippen LogP contribution in [0.3, 0.4) is 0 Å². The van der Waals surface area contributed by atoms with Crippen molar-refractivity contribution >= 4 is 46.9 Å². The Balaban J connectivity index is 1.20. The molecule has 158 valence electrons. The molecule has 7 nitrogen and oxygen atoms in total. The van der Waals surface area contributed by atoms with Crippen LogP contribution in [0, 0.1) is 0 Å². The molecule has 0 spiro atoms. The molecule has 0 unspecified atom stereocenters. The van der Waals surface area contributed by atoms with Crippen molar-refractivity contribution in [2.45, 2.75) is 55.9 Å². The van der Waals surface area contributed by atoms with Crippen LogP contribution >= 0.6 is 23.4 Å². The van der Waals surface area contributed by atoms with Crippen molar-refractivity contribution in [3.8, 4) is 0 Å². The number of unbranched alkanes of at least 4 members (excludes halogenated alkanes) is 1. The molecule has 1 aromatic carbocycles. The molecule has 2 aliphatic heterocycles. The van der Waals surface area contributed by atoms with Gasteiger partial charge in [-0.2, -0.15) is 11.8 Å². The molecular formula is C20H27ClN4O3S. The monoisotopic (exact) mass is 438 g/mol. The summed E-state index contributed by atoms with van der Waals surface area (Å²) in [5, 5.41) is 12.7. The van der Waals surface area contributed by atoms with Crippen LogP contribution in [0.1, 0.15) is 38.5 Å². The minimum absolute atomic E-state index is 0.0240. The number of nitrogens with one attached hydrogen (secondary N) is 4. The van der Waals surface area contributed by atoms with Crippen LogP contribution < -0.4 is 21.3 Å². The highest BCUT2D eigenvalue weighted by Gasteiger charge is 2.42. The Bertz CT molecular complexity index is 731. The first-order valence-corrected chi connectivity index (χ1v) is 11.4. The molecule has 0 radical (unpaired) electrons. The van der Waals surface area contributed by atoms with E-state index in [0.717, 1.165) is 25.0 Å². The van der Waals surface area contributed by atoms with Crippen LogP contribution in [0.2, 0.25) is 5.02 Å². The molecule has 2 heterocycles. The summed E-state index contributed by atoms with van der Waals surface area (Å²) in [4.78, 5) is 35.2. The summed E-state index contributed by atoms with van der Waals surface area (Å²) < 4.78 is 0. The van der Waals surface area contributed by atoms with Gasteiger partial charge >= 0.3 is 6.03 Å². The van der Waals surface area contributed by atoms with Crippen molar-refractivity contribution < 1.29 is 14.4 Å². The van der Waals surface area contributed by atoms with Crippen LogP contribution in [0.4, 0.5) is 10.5 Å². The Morgan fingerprint density at radius 2 is 1.83 bits per heavy atom. The lowest BCUT2D eigenvalue weighted by atomic mass is 10.0. The molecule has 0 saturated carbocycles. The molecule has 4 amide bonds. The quantitative estimate of drug-likeness (QED) is 0.333. The summed E-state index contributed by atoms with van der Waals surface area (Å²) in [6.45, 7) is 0.493. The van der Waals surface area contributed by atoms with E-state index in [9.17, 15) is 14.4 Å². The van der Waals surface area contributed by atoms with Crippen LogP contribution in [0.25, 0.3) is 0 Å². The number of hydrogen-bond acceptors (Lipinski definition) is 4. The van der Waals surface area contributed by atoms with Gasteiger partial charge in [0, 0.05) is 41.1 Å². The molecule has 0 aliphatic carbocycles. The number of fused-ring (bicyclic) bond motifs is 1. The number of rotatable bonds is 10. The van der Waals surface area contributed by atoms with Gasteiger partial charge in [0.2, 0.25) is 11.8 Å². The summed E-state index contributed by atoms with van der Waals surface area (Å²) in [6, 6.07) is 7.36. The number of benzene rings is 1. The molecule has 2 saturated heterocycles. The normalized spacial score (nSPS) is 22.5. The maximum Gasteiger partial charge on any atom is 0.315 e. The van der Waals surface area contributed by atoms with E-state index in [4.69, 9.17) is 11.6 Å². The van der Waals surface area contributed by atoms with Gasteiger partial charge in [0.25, 0.3) is 0 Å². The maximum absolute atomic E-state index is 11.9. The molecule has 0 bridgehead atoms. The average molecular weight is 439 g/mol. The van der Waals surface area contributed by atoms with Gasteiger partial charge in [-0.3, -0.25) is 9.59 Å². The minimum Gasteiger partial charge on any atom is -0.356 e. The number of thioether (sulfide) groups is 1. The third-order valence-electron chi connectivity index (χ3n) is 5.11. The van der Waals surface area contributed by atoms with Crippen molar-refractivity contribution in [2.24, 2.45) is 0 Å². The topological polar surface area (TPSA) is 99.3 Å². The highest BCUT2D eigenvalue weighted by atomic mass is 35.5. The second-order valence-corrected chi connectivity index (χ2v) is 9.08. The van der Waals surface area contributed by atoms with E-state index in [1.54, 1.807) is 24.3 Å². The summed E-state index contributed by atoms with van der Waals surface area (Å²) in [6.07, 6.45) is 4.25. The number of carbonyl (C=O) groups excluding carboxylic acids is 3. The summed E-state index contributed by atoms with van der Waals surface area (Å²) in [5.41, 5.74) is 0.711. The van der Waals surface area contributed by atoms with E-state index in [-0.39, 0.29) is 29.9 Å². The first-order valence-electron chi connectivity index (χ1n) is 10.0. The van der Waals surface area contributed by atoms with Gasteiger partial charge in [-0.15, -0.1) is 0 Å². The molecule has 3 rings (SSSR count). The maximum atomic E-state index is 11.9. The highest BCUT2D eigenvalue weighted by Crippen LogP contribution is 2.33. The number of urea groups is 1. The smallest absolute Gasteiger partial charge is 0.315 e. The average Bonchev–Trinajstić information content (AvgIpc) is 3.24. The molecule has 0 aromatic heterocycles. The first-order chi connectivity index (χ1) is 14.0. The van der Waals surface area contributed by atoms with Crippen molar-refractivity contribution in [3.63, 3.8) is 0 Å². The Kier molecular flexibility index (Phi) is 8.06. The fraction of sp³-hybridized carbons (Fsp3) is 0.550. The molecule has 1 aromatic rings. The summed E-state index contributed by atoms with van der Waals surface area (Å²) >= 11 is 7.71. The van der Waals surface area contributed by atoms with Crippen LogP contribution in [0.15, 0.2) is 24.3 Å². The SMILES string of the molecule is O=C(CCCC[C@@H]1SC[C@@H]2NC(=O)N[C@@H]21)NCCCC(=O)Nc1ccc(Cl)cc1. The van der Waals surface area contributed by atoms with Crippen molar-refractivity contribution in [1.82, 2.24) is 16.0 Å². The largest absolute Gasteiger partial charge is 0.356 e. The lowest BCUT2D eigenvalue weighted by Crippen LogP contribution is -2.36. The van der Waals surface area contributed by atoms with Gasteiger partial charge in [-0.05, 0) is 43.5 Å². The standard InChI is InChI=1S/C20H27ClN4O3S/c21-13-7-9-14(10-8-13)23-18(27)6-3-11-22-17(26)5-2-1-4-16-19-15(12-29-16)24-20(28)25-19/h7-10,15-16,19H,1-6,11-12H2,(H,22,26)(H,23,27)(H2,24,25,28)/t15-,16-,19-/m0/s1. The van der Waals surface area contributed by atoms with Crippen molar-refractivity contribution in [3.05, 3.63) is 29.3 Å². The van der Waals surface area contributed by atoms with E-state index in [2.05, 4.69) is 21.3 Å². The molecule has 2 aliphatic rings.